The van der Waals surface area contributed by atoms with Gasteiger partial charge in [0.25, 0.3) is 5.91 Å². The number of likely N-dealkylation sites (N-methyl/N-ethyl adjacent to an activating group) is 1. The molecule has 3 rings (SSSR count). The molecule has 1 heterocycles. The largest absolute Gasteiger partial charge is 0.332 e. The Morgan fingerprint density at radius 3 is 2.57 bits per heavy atom. The lowest BCUT2D eigenvalue weighted by Gasteiger charge is -2.29. The highest BCUT2D eigenvalue weighted by atomic mass is 16.2. The molecule has 0 bridgehead atoms. The summed E-state index contributed by atoms with van der Waals surface area (Å²) in [7, 11) is 1.62. The van der Waals surface area contributed by atoms with Crippen LogP contribution in [0.1, 0.15) is 34.8 Å². The van der Waals surface area contributed by atoms with Crippen molar-refractivity contribution < 1.29 is 14.4 Å². The lowest BCUT2D eigenvalue weighted by atomic mass is 10.1. The van der Waals surface area contributed by atoms with Gasteiger partial charge in [-0.05, 0) is 56.2 Å². The number of anilines is 2. The molecule has 1 aliphatic rings. The zero-order valence-electron chi connectivity index (χ0n) is 16.7. The lowest BCUT2D eigenvalue weighted by molar-refractivity contribution is -0.119. The average molecular weight is 379 g/mol. The summed E-state index contributed by atoms with van der Waals surface area (Å²) in [4.78, 5) is 41.0. The fourth-order valence-electron chi connectivity index (χ4n) is 3.41. The smallest absolute Gasteiger partial charge is 0.254 e. The first-order chi connectivity index (χ1) is 13.3. The van der Waals surface area contributed by atoms with E-state index in [1.807, 2.05) is 45.0 Å². The quantitative estimate of drug-likeness (QED) is 0.891. The van der Waals surface area contributed by atoms with Gasteiger partial charge in [0.05, 0.1) is 11.4 Å². The summed E-state index contributed by atoms with van der Waals surface area (Å²) in [6, 6.07) is 12.4. The van der Waals surface area contributed by atoms with Gasteiger partial charge in [-0.1, -0.05) is 18.2 Å². The zero-order valence-corrected chi connectivity index (χ0v) is 16.7. The second-order valence-corrected chi connectivity index (χ2v) is 7.34. The molecule has 2 aromatic rings. The molecule has 0 saturated carbocycles. The molecule has 3 amide bonds. The van der Waals surface area contributed by atoms with E-state index in [4.69, 9.17) is 0 Å². The minimum absolute atomic E-state index is 0.0708. The Morgan fingerprint density at radius 1 is 1.14 bits per heavy atom. The molecule has 6 nitrogen and oxygen atoms in total. The molecule has 0 fully saturated rings. The number of benzene rings is 2. The van der Waals surface area contributed by atoms with Crippen LogP contribution in [0.25, 0.3) is 0 Å². The van der Waals surface area contributed by atoms with E-state index in [0.717, 1.165) is 11.1 Å². The number of nitrogens with zero attached hydrogens (tertiary/aromatic N) is 2. The van der Waals surface area contributed by atoms with Crippen LogP contribution in [0, 0.1) is 13.8 Å². The number of aryl methyl sites for hydroxylation is 2. The molecule has 0 radical (unpaired) electrons. The lowest BCUT2D eigenvalue weighted by Crippen LogP contribution is -2.45. The van der Waals surface area contributed by atoms with E-state index in [9.17, 15) is 14.4 Å². The summed E-state index contributed by atoms with van der Waals surface area (Å²) in [5.74, 6) is -0.563. The predicted molar refractivity (Wildman–Crippen MR) is 110 cm³/mol. The van der Waals surface area contributed by atoms with Gasteiger partial charge in [-0.25, -0.2) is 0 Å². The van der Waals surface area contributed by atoms with Crippen LogP contribution in [0.3, 0.4) is 0 Å². The summed E-state index contributed by atoms with van der Waals surface area (Å²) in [6.45, 7) is 5.71. The first kappa shape index (κ1) is 19.6. The third-order valence-electron chi connectivity index (χ3n) is 5.10. The van der Waals surface area contributed by atoms with E-state index in [2.05, 4.69) is 5.32 Å². The van der Waals surface area contributed by atoms with E-state index < -0.39 is 0 Å². The third kappa shape index (κ3) is 3.91. The van der Waals surface area contributed by atoms with Gasteiger partial charge in [0.1, 0.15) is 6.54 Å². The zero-order chi connectivity index (χ0) is 20.4. The van der Waals surface area contributed by atoms with Gasteiger partial charge >= 0.3 is 0 Å². The van der Waals surface area contributed by atoms with Gasteiger partial charge in [-0.2, -0.15) is 0 Å². The van der Waals surface area contributed by atoms with Gasteiger partial charge in [0.2, 0.25) is 11.8 Å². The van der Waals surface area contributed by atoms with Gasteiger partial charge < -0.3 is 15.1 Å². The van der Waals surface area contributed by atoms with Gasteiger partial charge in [-0.3, -0.25) is 14.4 Å². The van der Waals surface area contributed by atoms with Crippen molar-refractivity contribution in [2.75, 3.05) is 23.8 Å². The summed E-state index contributed by atoms with van der Waals surface area (Å²) >= 11 is 0. The van der Waals surface area contributed by atoms with Crippen LogP contribution in [-0.4, -0.2) is 42.3 Å². The van der Waals surface area contributed by atoms with Crippen LogP contribution in [0.5, 0.6) is 0 Å². The predicted octanol–water partition coefficient (Wildman–Crippen LogP) is 3.14. The van der Waals surface area contributed by atoms with Crippen LogP contribution < -0.4 is 10.2 Å². The minimum Gasteiger partial charge on any atom is -0.332 e. The van der Waals surface area contributed by atoms with E-state index in [1.54, 1.807) is 30.1 Å². The number of carbonyl (C=O) groups is 3. The fraction of sp³-hybridized carbons (Fsp3) is 0.318. The minimum atomic E-state index is -0.304. The molecule has 0 unspecified atom stereocenters. The Hall–Kier alpha value is -3.15. The van der Waals surface area contributed by atoms with Crippen LogP contribution in [0.4, 0.5) is 11.4 Å². The maximum absolute atomic E-state index is 13.1. The third-order valence-corrected chi connectivity index (χ3v) is 5.10. The highest BCUT2D eigenvalue weighted by Gasteiger charge is 2.30. The number of hydrogen-bond acceptors (Lipinski definition) is 3. The van der Waals surface area contributed by atoms with Crippen molar-refractivity contribution in [2.24, 2.45) is 0 Å². The summed E-state index contributed by atoms with van der Waals surface area (Å²) in [5.41, 5.74) is 3.96. The molecule has 1 N–H and O–H groups in total. The van der Waals surface area contributed by atoms with Crippen LogP contribution in [0.2, 0.25) is 0 Å². The summed E-state index contributed by atoms with van der Waals surface area (Å²) in [6.07, 6.45) is 0.204. The van der Waals surface area contributed by atoms with Crippen LogP contribution in [0.15, 0.2) is 42.5 Å². The molecule has 28 heavy (non-hydrogen) atoms. The number of para-hydroxylation sites is 2. The van der Waals surface area contributed by atoms with E-state index in [1.165, 1.54) is 4.90 Å². The van der Waals surface area contributed by atoms with Crippen LogP contribution in [-0.2, 0) is 9.59 Å². The van der Waals surface area contributed by atoms with E-state index in [0.29, 0.717) is 16.9 Å². The average Bonchev–Trinajstić information content (AvgIpc) is 2.77. The van der Waals surface area contributed by atoms with Crippen molar-refractivity contribution in [3.8, 4) is 0 Å². The monoisotopic (exact) mass is 379 g/mol. The molecular weight excluding hydrogens is 354 g/mol. The standard InChI is InChI=1S/C22H25N3O3/c1-14-9-10-17(11-15(14)2)22(28)24(4)13-21(27)25-16(3)12-20(26)23-18-7-5-6-8-19(18)25/h5-11,16H,12-13H2,1-4H3,(H,23,26)/t16-/m0/s1. The number of carbonyl (C=O) groups excluding carboxylic acids is 3. The first-order valence-electron chi connectivity index (χ1n) is 9.31. The maximum atomic E-state index is 13.1. The molecule has 1 atom stereocenters. The Balaban J connectivity index is 1.82. The molecular formula is C22H25N3O3. The van der Waals surface area contributed by atoms with Gasteiger partial charge in [-0.15, -0.1) is 0 Å². The summed E-state index contributed by atoms with van der Waals surface area (Å²) in [5, 5.41) is 2.84. The SMILES string of the molecule is Cc1ccc(C(=O)N(C)CC(=O)N2c3ccccc3NC(=O)C[C@@H]2C)cc1C. The summed E-state index contributed by atoms with van der Waals surface area (Å²) < 4.78 is 0. The van der Waals surface area contributed by atoms with Gasteiger partial charge in [0.15, 0.2) is 0 Å². The fourth-order valence-corrected chi connectivity index (χ4v) is 3.41. The molecule has 2 aromatic carbocycles. The number of fused-ring (bicyclic) bond motifs is 1. The topological polar surface area (TPSA) is 69.7 Å². The van der Waals surface area contributed by atoms with Crippen molar-refractivity contribution >= 4 is 29.1 Å². The highest BCUT2D eigenvalue weighted by Crippen LogP contribution is 2.31. The van der Waals surface area contributed by atoms with E-state index in [-0.39, 0.29) is 36.7 Å². The second-order valence-electron chi connectivity index (χ2n) is 7.34. The van der Waals surface area contributed by atoms with Crippen molar-refractivity contribution in [1.82, 2.24) is 4.90 Å². The van der Waals surface area contributed by atoms with Gasteiger partial charge in [0, 0.05) is 25.1 Å². The number of nitrogens with one attached hydrogen (secondary N) is 1. The number of amides is 3. The maximum Gasteiger partial charge on any atom is 0.254 e. The molecule has 146 valence electrons. The highest BCUT2D eigenvalue weighted by molar-refractivity contribution is 6.06. The molecule has 0 spiro atoms. The number of hydrogen-bond donors (Lipinski definition) is 1. The molecule has 0 aliphatic carbocycles. The van der Waals surface area contributed by atoms with Crippen molar-refractivity contribution in [3.63, 3.8) is 0 Å². The van der Waals surface area contributed by atoms with Crippen molar-refractivity contribution in [3.05, 3.63) is 59.2 Å². The molecule has 1 aliphatic heterocycles. The molecule has 0 aromatic heterocycles. The first-order valence-corrected chi connectivity index (χ1v) is 9.31. The van der Waals surface area contributed by atoms with E-state index >= 15 is 0 Å². The molecule has 0 saturated heterocycles. The Labute approximate surface area is 165 Å². The normalized spacial score (nSPS) is 16.1. The van der Waals surface area contributed by atoms with Crippen molar-refractivity contribution in [2.45, 2.75) is 33.2 Å². The Kier molecular flexibility index (Phi) is 5.49. The number of rotatable bonds is 3. The Bertz CT molecular complexity index is 938. The second kappa shape index (κ2) is 7.84. The van der Waals surface area contributed by atoms with Crippen molar-refractivity contribution in [1.29, 1.82) is 0 Å². The molecule has 6 heteroatoms. The van der Waals surface area contributed by atoms with Crippen LogP contribution >= 0.6 is 0 Å². The Morgan fingerprint density at radius 2 is 1.86 bits per heavy atom.